The van der Waals surface area contributed by atoms with E-state index in [4.69, 9.17) is 18.9 Å². The van der Waals surface area contributed by atoms with Gasteiger partial charge in [-0.1, -0.05) is 0 Å². The second-order valence-corrected chi connectivity index (χ2v) is 8.72. The molecule has 3 amide bonds. The lowest BCUT2D eigenvalue weighted by Gasteiger charge is -2.47. The SMILES string of the molecule is CO[C@@H]1C(C(=O)NCC(=O)NCCS)O[C@@H](OC2[C@H](O)C(CO)O[C@@H](C)[C@H]2NC(C)=O)[C@@H](O)C1O. The van der Waals surface area contributed by atoms with E-state index in [0.717, 1.165) is 0 Å². The summed E-state index contributed by atoms with van der Waals surface area (Å²) in [5.41, 5.74) is 0. The number of aliphatic hydroxyl groups excluding tert-OH is 4. The van der Waals surface area contributed by atoms with Gasteiger partial charge in [-0.15, -0.1) is 0 Å². The number of amides is 3. The van der Waals surface area contributed by atoms with Gasteiger partial charge in [0.2, 0.25) is 11.8 Å². The number of carbonyl (C=O) groups excluding carboxylic acids is 3. The molecular formula is C20H35N3O11S. The van der Waals surface area contributed by atoms with Crippen molar-refractivity contribution in [3.8, 4) is 0 Å². The molecule has 7 N–H and O–H groups in total. The van der Waals surface area contributed by atoms with Crippen LogP contribution in [0.25, 0.3) is 0 Å². The highest BCUT2D eigenvalue weighted by molar-refractivity contribution is 7.80. The number of hydrogen-bond acceptors (Lipinski definition) is 12. The molecule has 0 bridgehead atoms. The van der Waals surface area contributed by atoms with Gasteiger partial charge in [-0.05, 0) is 6.92 Å². The number of ether oxygens (including phenoxy) is 4. The summed E-state index contributed by atoms with van der Waals surface area (Å²) in [7, 11) is 1.20. The lowest BCUT2D eigenvalue weighted by Crippen LogP contribution is -2.68. The summed E-state index contributed by atoms with van der Waals surface area (Å²) >= 11 is 3.98. The van der Waals surface area contributed by atoms with Gasteiger partial charge in [-0.2, -0.15) is 12.6 Å². The molecule has 202 valence electrons. The van der Waals surface area contributed by atoms with Crippen molar-refractivity contribution >= 4 is 30.4 Å². The zero-order valence-corrected chi connectivity index (χ0v) is 20.6. The first-order chi connectivity index (χ1) is 16.5. The molecule has 4 unspecified atom stereocenters. The Labute approximate surface area is 208 Å². The summed E-state index contributed by atoms with van der Waals surface area (Å²) in [6.07, 6.45) is -12.3. The van der Waals surface area contributed by atoms with E-state index in [-0.39, 0.29) is 6.54 Å². The topological polar surface area (TPSA) is 205 Å². The fourth-order valence-corrected chi connectivity index (χ4v) is 4.10. The number of thiol groups is 1. The molecule has 0 aromatic heterocycles. The summed E-state index contributed by atoms with van der Waals surface area (Å²) in [6.45, 7) is 2.21. The second kappa shape index (κ2) is 13.7. The number of hydrogen-bond donors (Lipinski definition) is 8. The third kappa shape index (κ3) is 7.47. The van der Waals surface area contributed by atoms with Crippen LogP contribution in [0, 0.1) is 0 Å². The lowest BCUT2D eigenvalue weighted by atomic mass is 9.92. The zero-order chi connectivity index (χ0) is 26.3. The van der Waals surface area contributed by atoms with E-state index in [2.05, 4.69) is 28.6 Å². The van der Waals surface area contributed by atoms with E-state index in [1.54, 1.807) is 6.92 Å². The van der Waals surface area contributed by atoms with E-state index < -0.39 is 85.5 Å². The van der Waals surface area contributed by atoms with Gasteiger partial charge in [0.15, 0.2) is 12.4 Å². The molecule has 2 rings (SSSR count). The van der Waals surface area contributed by atoms with Gasteiger partial charge >= 0.3 is 0 Å². The number of nitrogens with one attached hydrogen (secondary N) is 3. The lowest BCUT2D eigenvalue weighted by molar-refractivity contribution is -0.325. The monoisotopic (exact) mass is 525 g/mol. The minimum Gasteiger partial charge on any atom is -0.394 e. The molecule has 2 fully saturated rings. The standard InChI is InChI=1S/C20H35N3O11S/c1-8-12(23-9(2)25)16(13(27)10(7-24)32-8)33-20-15(29)14(28)17(31-3)18(34-20)19(30)22-6-11(26)21-4-5-35/h8,10,12-18,20,24,27-29,35H,4-7H2,1-3H3,(H,21,26)(H,22,30)(H,23,25)/t8-,10?,12+,13+,14?,15-,16?,17-,18?,20+/m0/s1. The van der Waals surface area contributed by atoms with E-state index in [9.17, 15) is 34.8 Å². The van der Waals surface area contributed by atoms with Crippen molar-refractivity contribution in [3.63, 3.8) is 0 Å². The summed E-state index contributed by atoms with van der Waals surface area (Å²) in [5, 5.41) is 48.9. The molecule has 0 radical (unpaired) electrons. The van der Waals surface area contributed by atoms with Crippen LogP contribution < -0.4 is 16.0 Å². The highest BCUT2D eigenvalue weighted by Gasteiger charge is 2.52. The Balaban J connectivity index is 2.20. The van der Waals surface area contributed by atoms with Crippen molar-refractivity contribution < 1.29 is 53.8 Å². The molecule has 35 heavy (non-hydrogen) atoms. The molecule has 2 heterocycles. The fourth-order valence-electron chi connectivity index (χ4n) is 3.99. The predicted molar refractivity (Wildman–Crippen MR) is 121 cm³/mol. The maximum absolute atomic E-state index is 12.7. The Morgan fingerprint density at radius 2 is 1.71 bits per heavy atom. The van der Waals surface area contributed by atoms with Crippen molar-refractivity contribution in [2.75, 3.05) is 32.6 Å². The average molecular weight is 526 g/mol. The second-order valence-electron chi connectivity index (χ2n) is 8.28. The van der Waals surface area contributed by atoms with Gasteiger partial charge in [-0.3, -0.25) is 14.4 Å². The Bertz CT molecular complexity index is 732. The van der Waals surface area contributed by atoms with Crippen LogP contribution in [-0.4, -0.2) is 132 Å². The van der Waals surface area contributed by atoms with Gasteiger partial charge in [-0.25, -0.2) is 0 Å². The molecule has 0 aliphatic carbocycles. The molecule has 10 atom stereocenters. The Hall–Kier alpha value is -1.56. The van der Waals surface area contributed by atoms with E-state index in [1.165, 1.54) is 14.0 Å². The maximum Gasteiger partial charge on any atom is 0.252 e. The Kier molecular flexibility index (Phi) is 11.6. The van der Waals surface area contributed by atoms with Crippen LogP contribution in [0.3, 0.4) is 0 Å². The van der Waals surface area contributed by atoms with Crippen LogP contribution in [0.2, 0.25) is 0 Å². The van der Waals surface area contributed by atoms with Crippen molar-refractivity contribution in [1.29, 1.82) is 0 Å². The van der Waals surface area contributed by atoms with E-state index in [0.29, 0.717) is 12.3 Å². The minimum absolute atomic E-state index is 0.301. The molecular weight excluding hydrogens is 490 g/mol. The molecule has 14 nitrogen and oxygen atoms in total. The van der Waals surface area contributed by atoms with Crippen LogP contribution >= 0.6 is 12.6 Å². The molecule has 0 spiro atoms. The first-order valence-corrected chi connectivity index (χ1v) is 11.8. The van der Waals surface area contributed by atoms with Gasteiger partial charge in [0.25, 0.3) is 5.91 Å². The summed E-state index contributed by atoms with van der Waals surface area (Å²) in [6, 6.07) is -0.916. The molecule has 2 aliphatic rings. The number of carbonyl (C=O) groups is 3. The normalized spacial score (nSPS) is 37.4. The molecule has 0 aromatic carbocycles. The fraction of sp³-hybridized carbons (Fsp3) is 0.850. The quantitative estimate of drug-likeness (QED) is 0.128. The third-order valence-corrected chi connectivity index (χ3v) is 5.96. The van der Waals surface area contributed by atoms with E-state index >= 15 is 0 Å². The van der Waals surface area contributed by atoms with Gasteiger partial charge in [0.1, 0.15) is 36.6 Å². The first-order valence-electron chi connectivity index (χ1n) is 11.1. The number of methoxy groups -OCH3 is 1. The van der Waals surface area contributed by atoms with Crippen molar-refractivity contribution in [2.45, 2.75) is 75.0 Å². The number of rotatable bonds is 10. The molecule has 2 saturated heterocycles. The van der Waals surface area contributed by atoms with Crippen LogP contribution in [0.4, 0.5) is 0 Å². The molecule has 0 aromatic rings. The van der Waals surface area contributed by atoms with Gasteiger partial charge < -0.3 is 55.3 Å². The summed E-state index contributed by atoms with van der Waals surface area (Å²) < 4.78 is 22.1. The largest absolute Gasteiger partial charge is 0.394 e. The van der Waals surface area contributed by atoms with Gasteiger partial charge in [0, 0.05) is 26.3 Å². The van der Waals surface area contributed by atoms with Crippen LogP contribution in [0.5, 0.6) is 0 Å². The van der Waals surface area contributed by atoms with Crippen molar-refractivity contribution in [3.05, 3.63) is 0 Å². The van der Waals surface area contributed by atoms with Gasteiger partial charge in [0.05, 0.1) is 25.3 Å². The highest BCUT2D eigenvalue weighted by atomic mass is 32.1. The third-order valence-electron chi connectivity index (χ3n) is 5.74. The summed E-state index contributed by atoms with van der Waals surface area (Å²) in [4.78, 5) is 36.2. The maximum atomic E-state index is 12.7. The van der Waals surface area contributed by atoms with Crippen molar-refractivity contribution in [2.24, 2.45) is 0 Å². The molecule has 15 heteroatoms. The Morgan fingerprint density at radius 1 is 1.03 bits per heavy atom. The van der Waals surface area contributed by atoms with E-state index in [1.807, 2.05) is 0 Å². The molecule has 0 saturated carbocycles. The predicted octanol–water partition coefficient (Wildman–Crippen LogP) is -4.36. The number of aliphatic hydroxyl groups is 4. The zero-order valence-electron chi connectivity index (χ0n) is 19.7. The summed E-state index contributed by atoms with van der Waals surface area (Å²) in [5.74, 6) is -1.33. The van der Waals surface area contributed by atoms with Crippen molar-refractivity contribution in [1.82, 2.24) is 16.0 Å². The minimum atomic E-state index is -1.71. The van der Waals surface area contributed by atoms with Crippen LogP contribution in [0.1, 0.15) is 13.8 Å². The first kappa shape index (κ1) is 29.7. The highest BCUT2D eigenvalue weighted by Crippen LogP contribution is 2.30. The Morgan fingerprint density at radius 3 is 2.29 bits per heavy atom. The van der Waals surface area contributed by atoms with Crippen LogP contribution in [0.15, 0.2) is 0 Å². The van der Waals surface area contributed by atoms with Crippen LogP contribution in [-0.2, 0) is 33.3 Å². The molecule has 2 aliphatic heterocycles. The average Bonchev–Trinajstić information content (AvgIpc) is 2.82. The smallest absolute Gasteiger partial charge is 0.252 e.